The van der Waals surface area contributed by atoms with Crippen LogP contribution < -0.4 is 0 Å². The number of nitrogens with zero attached hydrogens (tertiary/aromatic N) is 3. The smallest absolute Gasteiger partial charge is 0.279 e. The maximum absolute atomic E-state index is 12.7. The van der Waals surface area contributed by atoms with Crippen LogP contribution in [0.5, 0.6) is 0 Å². The van der Waals surface area contributed by atoms with E-state index in [1.807, 2.05) is 6.07 Å². The molecule has 23 heavy (non-hydrogen) atoms. The number of hydrogen-bond acceptors (Lipinski definition) is 4. The number of alkyl halides is 1. The van der Waals surface area contributed by atoms with Gasteiger partial charge in [-0.05, 0) is 17.7 Å². The third-order valence-electron chi connectivity index (χ3n) is 3.58. The van der Waals surface area contributed by atoms with Gasteiger partial charge in [0.15, 0.2) is 0 Å². The quantitative estimate of drug-likeness (QED) is 0.618. The molecule has 1 aromatic carbocycles. The fourth-order valence-electron chi connectivity index (χ4n) is 2.54. The second-order valence-electron chi connectivity index (χ2n) is 5.05. The molecule has 1 aliphatic carbocycles. The standard InChI is InChI=1S/C15H12ClN3O3S/c16-12-8-13-14(9-12)23(21,22)19(15(20)18(13)7-6-17)10-11-4-2-1-3-5-11/h1-5,8-9,12H,7,10H2. The Balaban J connectivity index is 2.05. The minimum absolute atomic E-state index is 0.0247. The van der Waals surface area contributed by atoms with Gasteiger partial charge in [-0.1, -0.05) is 30.3 Å². The number of halogens is 1. The number of rotatable bonds is 3. The van der Waals surface area contributed by atoms with E-state index < -0.39 is 21.4 Å². The summed E-state index contributed by atoms with van der Waals surface area (Å²) in [6, 6.07) is 9.92. The van der Waals surface area contributed by atoms with E-state index in [-0.39, 0.29) is 23.7 Å². The summed E-state index contributed by atoms with van der Waals surface area (Å²) in [5, 5.41) is 8.31. The van der Waals surface area contributed by atoms with Crippen LogP contribution in [0, 0.1) is 11.3 Å². The molecule has 1 unspecified atom stereocenters. The largest absolute Gasteiger partial charge is 0.339 e. The van der Waals surface area contributed by atoms with Gasteiger partial charge in [0.1, 0.15) is 11.4 Å². The third kappa shape index (κ3) is 2.60. The van der Waals surface area contributed by atoms with Crippen molar-refractivity contribution >= 4 is 27.7 Å². The van der Waals surface area contributed by atoms with Gasteiger partial charge >= 0.3 is 6.03 Å². The number of carbonyl (C=O) groups excluding carboxylic acids is 1. The monoisotopic (exact) mass is 349 g/mol. The highest BCUT2D eigenvalue weighted by Gasteiger charge is 2.45. The molecule has 0 aromatic heterocycles. The van der Waals surface area contributed by atoms with Crippen LogP contribution in [0.3, 0.4) is 0 Å². The van der Waals surface area contributed by atoms with Gasteiger partial charge in [0.25, 0.3) is 10.0 Å². The minimum Gasteiger partial charge on any atom is -0.279 e. The van der Waals surface area contributed by atoms with E-state index in [1.54, 1.807) is 30.3 Å². The fraction of sp³-hybridized carbons (Fsp3) is 0.200. The predicted octanol–water partition coefficient (Wildman–Crippen LogP) is 2.17. The van der Waals surface area contributed by atoms with Crippen LogP contribution in [-0.4, -0.2) is 35.6 Å². The first-order valence-electron chi connectivity index (χ1n) is 6.78. The summed E-state index contributed by atoms with van der Waals surface area (Å²) in [6.07, 6.45) is 2.84. The molecule has 1 heterocycles. The van der Waals surface area contributed by atoms with E-state index in [4.69, 9.17) is 16.9 Å². The molecule has 0 bridgehead atoms. The summed E-state index contributed by atoms with van der Waals surface area (Å²) in [5.41, 5.74) is 0.857. The average molecular weight is 350 g/mol. The van der Waals surface area contributed by atoms with Crippen molar-refractivity contribution in [3.8, 4) is 6.07 Å². The van der Waals surface area contributed by atoms with Gasteiger partial charge in [-0.25, -0.2) is 17.5 Å². The number of allylic oxidation sites excluding steroid dienone is 2. The molecule has 0 radical (unpaired) electrons. The van der Waals surface area contributed by atoms with Crippen molar-refractivity contribution in [2.45, 2.75) is 11.9 Å². The lowest BCUT2D eigenvalue weighted by molar-refractivity contribution is 0.192. The molecule has 0 N–H and O–H groups in total. The first-order chi connectivity index (χ1) is 10.9. The number of nitriles is 1. The third-order valence-corrected chi connectivity index (χ3v) is 5.60. The van der Waals surface area contributed by atoms with Crippen LogP contribution in [0.2, 0.25) is 0 Å². The normalized spacial score (nSPS) is 22.3. The molecule has 6 nitrogen and oxygen atoms in total. The van der Waals surface area contributed by atoms with E-state index in [0.29, 0.717) is 5.56 Å². The van der Waals surface area contributed by atoms with Gasteiger partial charge in [-0.15, -0.1) is 11.6 Å². The molecule has 3 rings (SSSR count). The number of urea groups is 1. The van der Waals surface area contributed by atoms with Gasteiger partial charge in [-0.2, -0.15) is 5.26 Å². The van der Waals surface area contributed by atoms with Crippen LogP contribution in [-0.2, 0) is 16.6 Å². The van der Waals surface area contributed by atoms with Gasteiger partial charge < -0.3 is 0 Å². The molecule has 1 aliphatic heterocycles. The number of hydrogen-bond donors (Lipinski definition) is 0. The van der Waals surface area contributed by atoms with Crippen molar-refractivity contribution in [1.82, 2.24) is 9.21 Å². The molecule has 0 spiro atoms. The zero-order chi connectivity index (χ0) is 16.6. The van der Waals surface area contributed by atoms with Gasteiger partial charge in [0, 0.05) is 0 Å². The Kier molecular flexibility index (Phi) is 3.88. The Morgan fingerprint density at radius 3 is 2.57 bits per heavy atom. The summed E-state index contributed by atoms with van der Waals surface area (Å²) in [4.78, 5) is 13.7. The molecule has 1 fully saturated rings. The SMILES string of the molecule is N#CCN1C(=O)N(Cc2ccccc2)S(=O)(=O)C2=CC(Cl)C=C21. The molecule has 1 saturated heterocycles. The van der Waals surface area contributed by atoms with Gasteiger partial charge in [0.05, 0.1) is 23.7 Å². The topological polar surface area (TPSA) is 81.5 Å². The first-order valence-corrected chi connectivity index (χ1v) is 8.66. The van der Waals surface area contributed by atoms with E-state index in [1.165, 1.54) is 12.2 Å². The summed E-state index contributed by atoms with van der Waals surface area (Å²) in [7, 11) is -3.99. The number of benzene rings is 1. The lowest BCUT2D eigenvalue weighted by Crippen LogP contribution is -2.51. The van der Waals surface area contributed by atoms with E-state index in [0.717, 1.165) is 9.21 Å². The van der Waals surface area contributed by atoms with E-state index in [2.05, 4.69) is 0 Å². The van der Waals surface area contributed by atoms with Gasteiger partial charge in [0.2, 0.25) is 0 Å². The highest BCUT2D eigenvalue weighted by Crippen LogP contribution is 2.37. The summed E-state index contributed by atoms with van der Waals surface area (Å²) in [6.45, 7) is -0.339. The summed E-state index contributed by atoms with van der Waals surface area (Å²) in [5.74, 6) is 0. The van der Waals surface area contributed by atoms with Crippen molar-refractivity contribution in [2.75, 3.05) is 6.54 Å². The number of amides is 2. The average Bonchev–Trinajstić information content (AvgIpc) is 2.92. The van der Waals surface area contributed by atoms with Crippen molar-refractivity contribution in [3.05, 3.63) is 58.6 Å². The molecular formula is C15H12ClN3O3S. The highest BCUT2D eigenvalue weighted by molar-refractivity contribution is 7.93. The van der Waals surface area contributed by atoms with Gasteiger partial charge in [-0.3, -0.25) is 4.90 Å². The molecular weight excluding hydrogens is 338 g/mol. The van der Waals surface area contributed by atoms with E-state index >= 15 is 0 Å². The van der Waals surface area contributed by atoms with Crippen LogP contribution >= 0.6 is 11.6 Å². The highest BCUT2D eigenvalue weighted by atomic mass is 35.5. The fourth-order valence-corrected chi connectivity index (χ4v) is 4.48. The van der Waals surface area contributed by atoms with Crippen LogP contribution in [0.1, 0.15) is 5.56 Å². The van der Waals surface area contributed by atoms with Crippen molar-refractivity contribution in [2.24, 2.45) is 0 Å². The Bertz CT molecular complexity index is 856. The second-order valence-corrected chi connectivity index (χ2v) is 7.39. The maximum atomic E-state index is 12.7. The Morgan fingerprint density at radius 2 is 1.91 bits per heavy atom. The zero-order valence-electron chi connectivity index (χ0n) is 11.9. The molecule has 2 amide bonds. The number of fused-ring (bicyclic) bond motifs is 1. The first kappa shape index (κ1) is 15.6. The minimum atomic E-state index is -3.99. The molecule has 0 saturated carbocycles. The van der Waals surface area contributed by atoms with Crippen LogP contribution in [0.15, 0.2) is 53.1 Å². The Labute approximate surface area is 138 Å². The van der Waals surface area contributed by atoms with Crippen LogP contribution in [0.25, 0.3) is 0 Å². The van der Waals surface area contributed by atoms with Crippen molar-refractivity contribution in [1.29, 1.82) is 5.26 Å². The van der Waals surface area contributed by atoms with Crippen LogP contribution in [0.4, 0.5) is 4.79 Å². The lowest BCUT2D eigenvalue weighted by Gasteiger charge is -2.35. The molecule has 118 valence electrons. The Hall–Kier alpha value is -2.30. The summed E-state index contributed by atoms with van der Waals surface area (Å²) < 4.78 is 26.2. The Morgan fingerprint density at radius 1 is 1.22 bits per heavy atom. The maximum Gasteiger partial charge on any atom is 0.339 e. The lowest BCUT2D eigenvalue weighted by atomic mass is 10.2. The molecule has 2 aliphatic rings. The molecule has 1 atom stereocenters. The summed E-state index contributed by atoms with van der Waals surface area (Å²) >= 11 is 5.98. The van der Waals surface area contributed by atoms with Crippen molar-refractivity contribution in [3.63, 3.8) is 0 Å². The second kappa shape index (κ2) is 5.72. The molecule has 8 heteroatoms. The number of sulfonamides is 1. The molecule has 1 aromatic rings. The number of carbonyl (C=O) groups is 1. The zero-order valence-corrected chi connectivity index (χ0v) is 13.5. The predicted molar refractivity (Wildman–Crippen MR) is 84.4 cm³/mol. The van der Waals surface area contributed by atoms with E-state index in [9.17, 15) is 13.2 Å². The van der Waals surface area contributed by atoms with Crippen molar-refractivity contribution < 1.29 is 13.2 Å².